The van der Waals surface area contributed by atoms with Crippen LogP contribution in [0.2, 0.25) is 0 Å². The van der Waals surface area contributed by atoms with Crippen LogP contribution in [-0.2, 0) is 26.2 Å². The van der Waals surface area contributed by atoms with Crippen molar-refractivity contribution in [3.05, 3.63) is 21.9 Å². The number of hydrogen-bond acceptors (Lipinski definition) is 0. The summed E-state index contributed by atoms with van der Waals surface area (Å²) in [6.45, 7) is 0. The Hall–Kier alpha value is 3.44. The van der Waals surface area contributed by atoms with Crippen molar-refractivity contribution in [3.8, 4) is 0 Å². The Morgan fingerprint density at radius 3 is 1.08 bits per heavy atom. The largest absolute Gasteiger partial charge is 4.00 e. The minimum Gasteiger partial charge on any atom is -1.00 e. The van der Waals surface area contributed by atoms with Crippen LogP contribution in [0.3, 0.4) is 0 Å². The van der Waals surface area contributed by atoms with Crippen LogP contribution in [0.4, 0.5) is 0 Å². The van der Waals surface area contributed by atoms with Gasteiger partial charge in [-0.3, -0.25) is 0 Å². The number of rotatable bonds is 2. The van der Waals surface area contributed by atoms with Crippen LogP contribution in [0.15, 0.2) is 12.2 Å². The van der Waals surface area contributed by atoms with E-state index < -0.39 is 0 Å². The third kappa shape index (κ3) is 50.4. The topological polar surface area (TPSA) is 0 Å². The number of halogens is 2. The van der Waals surface area contributed by atoms with Crippen LogP contribution in [0, 0.1) is 9.73 Å². The van der Waals surface area contributed by atoms with Crippen molar-refractivity contribution in [2.45, 2.75) is 0 Å². The Morgan fingerprint density at radius 1 is 0.846 bits per heavy atom. The molecule has 0 fully saturated rings. The van der Waals surface area contributed by atoms with Gasteiger partial charge in [0.25, 0.3) is 0 Å². The summed E-state index contributed by atoms with van der Waals surface area (Å²) in [4.78, 5) is 5.70. The molecular formula is C6H6As2Cl2Sb2Zr. The zero-order chi connectivity index (χ0) is 8.24. The molecule has 0 saturated carbocycles. The molecule has 0 aliphatic rings. The van der Waals surface area contributed by atoms with E-state index >= 15 is 0 Å². The van der Waals surface area contributed by atoms with E-state index in [9.17, 15) is 0 Å². The van der Waals surface area contributed by atoms with E-state index in [1.807, 2.05) is 53.8 Å². The Balaban J connectivity index is -0.0000000267. The molecule has 0 saturated heterocycles. The molecule has 0 rings (SSSR count). The summed E-state index contributed by atoms with van der Waals surface area (Å²) < 4.78 is 3.99. The van der Waals surface area contributed by atoms with Gasteiger partial charge in [-0.1, -0.05) is 0 Å². The third-order valence-electron chi connectivity index (χ3n) is 0.316. The van der Waals surface area contributed by atoms with E-state index in [4.69, 9.17) is 0 Å². The second-order valence-electron chi connectivity index (χ2n) is 0.920. The van der Waals surface area contributed by atoms with E-state index in [0.29, 0.717) is 0 Å². The quantitative estimate of drug-likeness (QED) is 0.210. The molecular weight excluding hydrogens is 628 g/mol. The molecule has 4 radical (unpaired) electrons. The fraction of sp³-hybridized carbons (Fsp3) is 0. The van der Waals surface area contributed by atoms with E-state index in [2.05, 4.69) is 9.73 Å². The van der Waals surface area contributed by atoms with Crippen LogP contribution in [0.1, 0.15) is 0 Å². The minimum absolute atomic E-state index is 0. The van der Waals surface area contributed by atoms with Gasteiger partial charge in [-0.15, -0.1) is 0 Å². The average Bonchev–Trinajstić information content (AvgIpc) is 1.93. The smallest absolute Gasteiger partial charge is 1.00 e. The maximum atomic E-state index is 2.85. The van der Waals surface area contributed by atoms with Gasteiger partial charge in [0.1, 0.15) is 0 Å². The molecule has 0 aromatic heterocycles. The first-order valence-corrected chi connectivity index (χ1v) is 7.31. The van der Waals surface area contributed by atoms with E-state index in [1.165, 1.54) is 0 Å². The standard InChI is InChI=1S/2C3H3As.2ClH.2Sb.Zr/c2*1-2-3-4;;;;;/h2*1-2,4H;2*1H;;;/q2*-1;;;;;+4/p-2. The van der Waals surface area contributed by atoms with Crippen molar-refractivity contribution in [2.75, 3.05) is 0 Å². The molecule has 0 bridgehead atoms. The minimum atomic E-state index is 0. The molecule has 0 aromatic carbocycles. The van der Waals surface area contributed by atoms with Crippen LogP contribution in [-0.4, -0.2) is 86.7 Å². The fourth-order valence-corrected chi connectivity index (χ4v) is 2.60. The van der Waals surface area contributed by atoms with Crippen LogP contribution in [0.5, 0.6) is 0 Å². The Labute approximate surface area is 156 Å². The molecule has 0 spiro atoms. The van der Waals surface area contributed by atoms with Gasteiger partial charge in [-0.25, -0.2) is 0 Å². The summed E-state index contributed by atoms with van der Waals surface area (Å²) in [5.74, 6) is 0. The molecule has 0 aliphatic carbocycles. The number of allylic oxidation sites excluding steroid dienone is 2. The Morgan fingerprint density at radius 2 is 1.08 bits per heavy atom. The van der Waals surface area contributed by atoms with Crippen molar-refractivity contribution < 1.29 is 51.0 Å². The predicted molar refractivity (Wildman–Crippen MR) is 53.6 cm³/mol. The maximum Gasteiger partial charge on any atom is 4.00 e. The maximum absolute atomic E-state index is 2.85. The molecule has 0 aliphatic heterocycles. The van der Waals surface area contributed by atoms with Crippen LogP contribution in [0.25, 0.3) is 0 Å². The second-order valence-corrected chi connectivity index (χ2v) is 3.83. The molecule has 0 unspecified atom stereocenters. The molecule has 0 heterocycles. The summed E-state index contributed by atoms with van der Waals surface area (Å²) in [5.41, 5.74) is 0. The van der Waals surface area contributed by atoms with E-state index in [-0.39, 0.29) is 51.0 Å². The molecule has 7 heteroatoms. The molecule has 0 atom stereocenters. The summed E-state index contributed by atoms with van der Waals surface area (Å²) >= 11 is 7.12. The summed E-state index contributed by atoms with van der Waals surface area (Å²) in [6.07, 6.45) is 3.79. The van der Waals surface area contributed by atoms with Gasteiger partial charge in [-0.05, 0) is 0 Å². The second kappa shape index (κ2) is 36.1. The van der Waals surface area contributed by atoms with Crippen molar-refractivity contribution in [3.63, 3.8) is 0 Å². The Bertz CT molecular complexity index is 127. The molecule has 68 valence electrons. The van der Waals surface area contributed by atoms with Crippen molar-refractivity contribution in [1.82, 2.24) is 0 Å². The van der Waals surface area contributed by atoms with Crippen molar-refractivity contribution in [2.24, 2.45) is 0 Å². The predicted octanol–water partition coefficient (Wildman–Crippen LogP) is -7.64. The third-order valence-corrected chi connectivity index (χ3v) is 1.87. The van der Waals surface area contributed by atoms with Gasteiger partial charge in [-0.2, -0.15) is 0 Å². The van der Waals surface area contributed by atoms with E-state index in [1.54, 1.807) is 45.1 Å². The monoisotopic (exact) mass is 630 g/mol. The van der Waals surface area contributed by atoms with Crippen LogP contribution >= 0.6 is 0 Å². The van der Waals surface area contributed by atoms with Gasteiger partial charge in [0.05, 0.1) is 0 Å². The molecule has 0 amide bonds. The summed E-state index contributed by atoms with van der Waals surface area (Å²) in [5, 5.41) is 0. The first kappa shape index (κ1) is 29.9. The average molecular weight is 634 g/mol. The van der Waals surface area contributed by atoms with Gasteiger partial charge in [0.15, 0.2) is 0 Å². The normalized spacial score (nSPS) is 6.92. The first-order valence-electron chi connectivity index (χ1n) is 2.26. The molecule has 13 heavy (non-hydrogen) atoms. The van der Waals surface area contributed by atoms with E-state index in [0.717, 1.165) is 0 Å². The molecule has 0 aromatic rings. The molecule has 0 nitrogen and oxygen atoms in total. The van der Waals surface area contributed by atoms with Crippen molar-refractivity contribution in [1.29, 1.82) is 0 Å². The fourth-order valence-electron chi connectivity index (χ4n) is 0.0745. The van der Waals surface area contributed by atoms with Gasteiger partial charge >= 0.3 is 135 Å². The zero-order valence-electron chi connectivity index (χ0n) is 6.46. The summed E-state index contributed by atoms with van der Waals surface area (Å²) in [6, 6.07) is 0. The SMILES string of the molecule is [AsH][C-]=C[CH]=[Sb].[AsH][C-]=C[CH]=[Sb].[Cl-].[Cl-].[Zr+4]. The summed E-state index contributed by atoms with van der Waals surface area (Å²) in [7, 11) is 0. The van der Waals surface area contributed by atoms with Crippen molar-refractivity contribution >= 4 is 86.7 Å². The van der Waals surface area contributed by atoms with Crippen LogP contribution < -0.4 is 24.8 Å². The van der Waals surface area contributed by atoms with Gasteiger partial charge in [0.2, 0.25) is 0 Å². The first-order chi connectivity index (χ1) is 4.83. The zero-order valence-corrected chi connectivity index (χ0v) is 19.7. The number of hydrogen-bond donors (Lipinski definition) is 0. The van der Waals surface area contributed by atoms with Gasteiger partial charge < -0.3 is 24.8 Å². The molecule has 0 N–H and O–H groups in total. The Kier molecular flexibility index (Phi) is 83.2. The van der Waals surface area contributed by atoms with Gasteiger partial charge in [0, 0.05) is 0 Å².